The van der Waals surface area contributed by atoms with E-state index in [1.54, 1.807) is 7.11 Å². The third-order valence-electron chi connectivity index (χ3n) is 4.03. The van der Waals surface area contributed by atoms with E-state index in [4.69, 9.17) is 4.74 Å². The van der Waals surface area contributed by atoms with Crippen LogP contribution in [0.5, 0.6) is 0 Å². The topological polar surface area (TPSA) is 32.8 Å². The number of ether oxygens (including phenoxy) is 1. The Morgan fingerprint density at radius 1 is 1.18 bits per heavy atom. The molecular formula is C13H24N2O2. The van der Waals surface area contributed by atoms with Gasteiger partial charge >= 0.3 is 6.03 Å². The summed E-state index contributed by atoms with van der Waals surface area (Å²) >= 11 is 0. The van der Waals surface area contributed by atoms with E-state index in [0.29, 0.717) is 12.1 Å². The van der Waals surface area contributed by atoms with Gasteiger partial charge < -0.3 is 14.5 Å². The molecule has 4 heteroatoms. The third kappa shape index (κ3) is 2.92. The van der Waals surface area contributed by atoms with Gasteiger partial charge in [-0.15, -0.1) is 0 Å². The lowest BCUT2D eigenvalue weighted by Crippen LogP contribution is -2.52. The molecule has 2 heterocycles. The molecule has 2 unspecified atom stereocenters. The van der Waals surface area contributed by atoms with Crippen LogP contribution in [-0.2, 0) is 4.74 Å². The van der Waals surface area contributed by atoms with Gasteiger partial charge in [-0.2, -0.15) is 0 Å². The number of carbonyl (C=O) groups excluding carboxylic acids is 1. The highest BCUT2D eigenvalue weighted by Gasteiger charge is 2.31. The normalized spacial score (nSPS) is 30.5. The molecule has 0 bridgehead atoms. The maximum absolute atomic E-state index is 12.4. The molecule has 0 spiro atoms. The van der Waals surface area contributed by atoms with Crippen LogP contribution in [0.2, 0.25) is 0 Å². The van der Waals surface area contributed by atoms with Crippen LogP contribution < -0.4 is 0 Å². The smallest absolute Gasteiger partial charge is 0.320 e. The van der Waals surface area contributed by atoms with E-state index in [0.717, 1.165) is 45.3 Å². The predicted molar refractivity (Wildman–Crippen MR) is 67.0 cm³/mol. The summed E-state index contributed by atoms with van der Waals surface area (Å²) in [5.41, 5.74) is 0. The van der Waals surface area contributed by atoms with Crippen LogP contribution in [0.15, 0.2) is 0 Å². The molecule has 17 heavy (non-hydrogen) atoms. The van der Waals surface area contributed by atoms with Crippen LogP contribution in [0.1, 0.15) is 39.0 Å². The zero-order valence-electron chi connectivity index (χ0n) is 11.0. The first kappa shape index (κ1) is 12.7. The fourth-order valence-electron chi connectivity index (χ4n) is 2.89. The Hall–Kier alpha value is -0.770. The standard InChI is InChI=1S/C13H24N2O2/c1-11-10-12(17-2)6-9-15(11)13(16)14-7-4-3-5-8-14/h11-12H,3-10H2,1-2H3. The van der Waals surface area contributed by atoms with Crippen molar-refractivity contribution in [2.45, 2.75) is 51.2 Å². The molecule has 0 saturated carbocycles. The maximum Gasteiger partial charge on any atom is 0.320 e. The first-order valence-corrected chi connectivity index (χ1v) is 6.80. The SMILES string of the molecule is COC1CCN(C(=O)N2CCCCC2)C(C)C1. The summed E-state index contributed by atoms with van der Waals surface area (Å²) in [4.78, 5) is 16.4. The molecule has 2 saturated heterocycles. The summed E-state index contributed by atoms with van der Waals surface area (Å²) in [6.45, 7) is 4.85. The Labute approximate surface area is 104 Å². The van der Waals surface area contributed by atoms with Gasteiger partial charge in [0.25, 0.3) is 0 Å². The third-order valence-corrected chi connectivity index (χ3v) is 4.03. The minimum absolute atomic E-state index is 0.242. The molecule has 0 aromatic carbocycles. The van der Waals surface area contributed by atoms with Gasteiger partial charge in [0.15, 0.2) is 0 Å². The molecule has 98 valence electrons. The maximum atomic E-state index is 12.4. The van der Waals surface area contributed by atoms with Crippen molar-refractivity contribution in [3.05, 3.63) is 0 Å². The number of nitrogens with zero attached hydrogens (tertiary/aromatic N) is 2. The van der Waals surface area contributed by atoms with Crippen molar-refractivity contribution in [1.82, 2.24) is 9.80 Å². The van der Waals surface area contributed by atoms with Gasteiger partial charge in [-0.25, -0.2) is 4.79 Å². The molecule has 0 radical (unpaired) electrons. The highest BCUT2D eigenvalue weighted by atomic mass is 16.5. The van der Waals surface area contributed by atoms with Gasteiger partial charge in [0.05, 0.1) is 6.10 Å². The molecule has 2 atom stereocenters. The van der Waals surface area contributed by atoms with Crippen molar-refractivity contribution in [3.8, 4) is 0 Å². The number of hydrogen-bond donors (Lipinski definition) is 0. The Balaban J connectivity index is 1.90. The fraction of sp³-hybridized carbons (Fsp3) is 0.923. The van der Waals surface area contributed by atoms with Gasteiger partial charge in [-0.1, -0.05) is 0 Å². The molecule has 2 aliphatic rings. The molecule has 2 amide bonds. The van der Waals surface area contributed by atoms with Crippen molar-refractivity contribution in [2.75, 3.05) is 26.7 Å². The van der Waals surface area contributed by atoms with Gasteiger partial charge in [0, 0.05) is 32.8 Å². The van der Waals surface area contributed by atoms with Crippen molar-refractivity contribution in [3.63, 3.8) is 0 Å². The number of piperidine rings is 2. The van der Waals surface area contributed by atoms with Gasteiger partial charge in [0.1, 0.15) is 0 Å². The number of amides is 2. The number of urea groups is 1. The summed E-state index contributed by atoms with van der Waals surface area (Å²) in [5.74, 6) is 0. The lowest BCUT2D eigenvalue weighted by Gasteiger charge is -2.40. The quantitative estimate of drug-likeness (QED) is 0.703. The van der Waals surface area contributed by atoms with Crippen LogP contribution in [-0.4, -0.2) is 54.7 Å². The fourth-order valence-corrected chi connectivity index (χ4v) is 2.89. The molecule has 0 aliphatic carbocycles. The second-order valence-corrected chi connectivity index (χ2v) is 5.25. The van der Waals surface area contributed by atoms with E-state index in [-0.39, 0.29) is 6.03 Å². The number of hydrogen-bond acceptors (Lipinski definition) is 2. The molecule has 2 fully saturated rings. The monoisotopic (exact) mass is 240 g/mol. The van der Waals surface area contributed by atoms with Gasteiger partial charge in [-0.3, -0.25) is 0 Å². The molecule has 0 aromatic heterocycles. The first-order valence-electron chi connectivity index (χ1n) is 6.80. The second kappa shape index (κ2) is 5.71. The summed E-state index contributed by atoms with van der Waals surface area (Å²) in [6, 6.07) is 0.551. The summed E-state index contributed by atoms with van der Waals surface area (Å²) < 4.78 is 5.38. The Morgan fingerprint density at radius 3 is 2.47 bits per heavy atom. The largest absolute Gasteiger partial charge is 0.381 e. The molecule has 0 N–H and O–H groups in total. The first-order chi connectivity index (χ1) is 8.22. The van der Waals surface area contributed by atoms with Crippen molar-refractivity contribution < 1.29 is 9.53 Å². The van der Waals surface area contributed by atoms with Gasteiger partial charge in [-0.05, 0) is 39.0 Å². The number of methoxy groups -OCH3 is 1. The lowest BCUT2D eigenvalue weighted by atomic mass is 10.0. The van der Waals surface area contributed by atoms with E-state index < -0.39 is 0 Å². The van der Waals surface area contributed by atoms with E-state index in [1.165, 1.54) is 6.42 Å². The van der Waals surface area contributed by atoms with E-state index in [9.17, 15) is 4.79 Å². The number of likely N-dealkylation sites (tertiary alicyclic amines) is 2. The summed E-state index contributed by atoms with van der Waals surface area (Å²) in [5, 5.41) is 0. The average Bonchev–Trinajstić information content (AvgIpc) is 2.39. The number of rotatable bonds is 1. The highest BCUT2D eigenvalue weighted by Crippen LogP contribution is 2.22. The van der Waals surface area contributed by atoms with Crippen molar-refractivity contribution >= 4 is 6.03 Å². The summed E-state index contributed by atoms with van der Waals surface area (Å²) in [7, 11) is 1.76. The Bertz CT molecular complexity index is 264. The minimum atomic E-state index is 0.242. The van der Waals surface area contributed by atoms with Crippen molar-refractivity contribution in [2.24, 2.45) is 0 Å². The molecule has 2 aliphatic heterocycles. The molecule has 4 nitrogen and oxygen atoms in total. The molecular weight excluding hydrogens is 216 g/mol. The molecule has 0 aromatic rings. The molecule has 2 rings (SSSR count). The Kier molecular flexibility index (Phi) is 4.26. The van der Waals surface area contributed by atoms with E-state index in [1.807, 2.05) is 9.80 Å². The minimum Gasteiger partial charge on any atom is -0.381 e. The zero-order valence-corrected chi connectivity index (χ0v) is 11.0. The lowest BCUT2D eigenvalue weighted by molar-refractivity contribution is 0.0218. The van der Waals surface area contributed by atoms with Crippen molar-refractivity contribution in [1.29, 1.82) is 0 Å². The zero-order chi connectivity index (χ0) is 12.3. The highest BCUT2D eigenvalue weighted by molar-refractivity contribution is 5.75. The second-order valence-electron chi connectivity index (χ2n) is 5.25. The van der Waals surface area contributed by atoms with Crippen LogP contribution in [0.25, 0.3) is 0 Å². The number of carbonyl (C=O) groups is 1. The Morgan fingerprint density at radius 2 is 1.88 bits per heavy atom. The predicted octanol–water partition coefficient (Wildman–Crippen LogP) is 2.09. The van der Waals surface area contributed by atoms with E-state index in [2.05, 4.69) is 6.92 Å². The van der Waals surface area contributed by atoms with Gasteiger partial charge in [0.2, 0.25) is 0 Å². The average molecular weight is 240 g/mol. The van der Waals surface area contributed by atoms with Crippen LogP contribution >= 0.6 is 0 Å². The van der Waals surface area contributed by atoms with E-state index >= 15 is 0 Å². The van der Waals surface area contributed by atoms with Crippen LogP contribution in [0.3, 0.4) is 0 Å². The summed E-state index contributed by atoms with van der Waals surface area (Å²) in [6.07, 6.45) is 5.86. The van der Waals surface area contributed by atoms with Crippen LogP contribution in [0, 0.1) is 0 Å². The van der Waals surface area contributed by atoms with Crippen LogP contribution in [0.4, 0.5) is 4.79 Å².